The zero-order valence-corrected chi connectivity index (χ0v) is 54.0. The molecule has 0 unspecified atom stereocenters. The fourth-order valence-corrected chi connectivity index (χ4v) is 8.71. The highest BCUT2D eigenvalue weighted by molar-refractivity contribution is 6.00. The highest BCUT2D eigenvalue weighted by atomic mass is 16.4. The zero-order chi connectivity index (χ0) is 76.7. The summed E-state index contributed by atoms with van der Waals surface area (Å²) in [7, 11) is 0. The van der Waals surface area contributed by atoms with Crippen molar-refractivity contribution in [2.45, 2.75) is 215 Å². The number of rotatable bonds is 54. The van der Waals surface area contributed by atoms with Gasteiger partial charge in [0.1, 0.15) is 54.4 Å². The van der Waals surface area contributed by atoms with E-state index in [0.717, 1.165) is 6.92 Å². The van der Waals surface area contributed by atoms with Gasteiger partial charge in [-0.15, -0.1) is 0 Å². The van der Waals surface area contributed by atoms with Gasteiger partial charge in [0.2, 0.25) is 88.6 Å². The standard InChI is InChI=1S/C56H86N16O28/c1-24(73)26(8-19-42(81)82)63-48(92)28(4-14-37(59)75)65-53(97)33(10-21-44(85)86)70-50(94)30(6-16-39(61)77)67-55(99)35(12-23-46(89)90)72-52(96)31(7-17-40(62)78)68-56(100)34(11-22-45(87)88)71-51(95)29(5-15-38(60)76)66-54(98)32(9-20-43(83)84)69-49(93)27(3-13-36(58)74)64-47(91)25(57)2-18-41(79)80/h25-35H,2-23,57H2,1H3,(H2,58,74)(H2,59,75)(H2,60,76)(H2,61,77)(H2,62,78)(H,63,92)(H,64,91)(H,65,97)(H,66,98)(H,67,99)(H,68,100)(H,69,93)(H,70,94)(H,71,95)(H,72,96)(H,79,80)(H,81,82)(H,83,84)(H,85,86)(H,87,88)(H,89,90)/t25-,26-,27-,28-,29-,30-,31-,32-,33-,34-,35-/m0/s1. The van der Waals surface area contributed by atoms with Crippen LogP contribution in [0.2, 0.25) is 0 Å². The predicted octanol–water partition coefficient (Wildman–Crippen LogP) is -9.73. The average Bonchev–Trinajstić information content (AvgIpc) is 0.862. The second-order valence-electron chi connectivity index (χ2n) is 22.4. The third kappa shape index (κ3) is 38.9. The molecule has 0 saturated heterocycles. The number of hydrogen-bond acceptors (Lipinski definition) is 23. The Morgan fingerprint density at radius 1 is 0.220 bits per heavy atom. The molecule has 44 nitrogen and oxygen atoms in total. The van der Waals surface area contributed by atoms with Crippen LogP contribution in [0.5, 0.6) is 0 Å². The van der Waals surface area contributed by atoms with Crippen LogP contribution < -0.4 is 87.6 Å². The maximum Gasteiger partial charge on any atom is 0.303 e. The highest BCUT2D eigenvalue weighted by Gasteiger charge is 2.37. The molecule has 15 amide bonds. The van der Waals surface area contributed by atoms with Gasteiger partial charge in [0.25, 0.3) is 0 Å². The number of nitrogens with two attached hydrogens (primary N) is 6. The number of ketones is 1. The Bertz CT molecular complexity index is 3060. The molecule has 0 rings (SSSR count). The van der Waals surface area contributed by atoms with Gasteiger partial charge in [-0.25, -0.2) is 0 Å². The van der Waals surface area contributed by atoms with Crippen LogP contribution in [0.1, 0.15) is 148 Å². The molecular formula is C56H86N16O28. The van der Waals surface area contributed by atoms with Crippen molar-refractivity contribution >= 4 is 130 Å². The quantitative estimate of drug-likeness (QED) is 0.0269. The third-order valence-electron chi connectivity index (χ3n) is 14.1. The van der Waals surface area contributed by atoms with Crippen LogP contribution in [0, 0.1) is 0 Å². The van der Waals surface area contributed by atoms with Crippen molar-refractivity contribution in [1.82, 2.24) is 53.2 Å². The molecule has 0 aromatic carbocycles. The number of Topliss-reactive ketones (excluding diaryl/α,β-unsaturated/α-hetero) is 1. The van der Waals surface area contributed by atoms with Gasteiger partial charge < -0.3 is 118 Å². The van der Waals surface area contributed by atoms with Gasteiger partial charge in [0.05, 0.1) is 12.1 Å². The number of carboxylic acid groups (broad SMARTS) is 6. The Morgan fingerprint density at radius 2 is 0.350 bits per heavy atom. The molecular weight excluding hydrogens is 1340 g/mol. The molecule has 0 aliphatic carbocycles. The van der Waals surface area contributed by atoms with Gasteiger partial charge in [-0.3, -0.25) is 105 Å². The van der Waals surface area contributed by atoms with Crippen molar-refractivity contribution in [3.63, 3.8) is 0 Å². The number of primary amides is 5. The fourth-order valence-electron chi connectivity index (χ4n) is 8.71. The summed E-state index contributed by atoms with van der Waals surface area (Å²) in [5.41, 5.74) is 32.2. The number of aliphatic carboxylic acids is 6. The summed E-state index contributed by atoms with van der Waals surface area (Å²) in [6, 6.07) is -20.9. The van der Waals surface area contributed by atoms with Crippen LogP contribution in [0.15, 0.2) is 0 Å². The van der Waals surface area contributed by atoms with Crippen molar-refractivity contribution in [2.24, 2.45) is 34.4 Å². The summed E-state index contributed by atoms with van der Waals surface area (Å²) in [4.78, 5) is 280. The monoisotopic (exact) mass is 1430 g/mol. The average molecular weight is 1430 g/mol. The van der Waals surface area contributed by atoms with E-state index in [-0.39, 0.29) is 0 Å². The Labute approximate surface area is 567 Å². The first-order chi connectivity index (χ1) is 46.5. The summed E-state index contributed by atoms with van der Waals surface area (Å²) in [5, 5.41) is 77.9. The molecule has 0 fully saturated rings. The molecule has 558 valence electrons. The first-order valence-corrected chi connectivity index (χ1v) is 30.6. The van der Waals surface area contributed by atoms with E-state index in [9.17, 15) is 126 Å². The molecule has 0 spiro atoms. The Balaban J connectivity index is 7.41. The van der Waals surface area contributed by atoms with Crippen molar-refractivity contribution in [3.8, 4) is 0 Å². The van der Waals surface area contributed by atoms with Crippen LogP contribution in [0.25, 0.3) is 0 Å². The number of carbonyl (C=O) groups excluding carboxylic acids is 16. The first kappa shape index (κ1) is 88.5. The summed E-state index contributed by atoms with van der Waals surface area (Å²) >= 11 is 0. The SMILES string of the molecule is CC(=O)[C@H](CCC(=O)O)NC(=O)[C@H](CCC(N)=O)NC(=O)[C@H](CCC(=O)O)NC(=O)[C@H](CCC(N)=O)NC(=O)[C@H](CCC(=O)O)NC(=O)[C@H](CCC(N)=O)NC(=O)[C@H](CCC(=O)O)NC(=O)[C@H](CCC(N)=O)NC(=O)[C@H](CCC(=O)O)NC(=O)[C@H](CCC(N)=O)NC(=O)[C@@H](N)CCC(=O)O. The molecule has 0 heterocycles. The van der Waals surface area contributed by atoms with E-state index in [0.29, 0.717) is 0 Å². The predicted molar refractivity (Wildman–Crippen MR) is 331 cm³/mol. The molecule has 0 aliphatic rings. The Morgan fingerprint density at radius 3 is 0.500 bits per heavy atom. The van der Waals surface area contributed by atoms with Crippen LogP contribution in [-0.2, 0) is 105 Å². The molecule has 44 heteroatoms. The summed E-state index contributed by atoms with van der Waals surface area (Å²) in [5.74, 6) is -28.8. The maximum absolute atomic E-state index is 14.2. The lowest BCUT2D eigenvalue weighted by Gasteiger charge is -2.28. The third-order valence-corrected chi connectivity index (χ3v) is 14.1. The molecule has 28 N–H and O–H groups in total. The van der Waals surface area contributed by atoms with Crippen LogP contribution in [0.3, 0.4) is 0 Å². The molecule has 0 saturated carbocycles. The molecule has 0 aliphatic heterocycles. The smallest absolute Gasteiger partial charge is 0.303 e. The van der Waals surface area contributed by atoms with Crippen LogP contribution in [0.4, 0.5) is 0 Å². The van der Waals surface area contributed by atoms with Gasteiger partial charge in [0.15, 0.2) is 5.78 Å². The number of carboxylic acids is 6. The normalized spacial score (nSPS) is 14.1. The van der Waals surface area contributed by atoms with Gasteiger partial charge in [-0.2, -0.15) is 0 Å². The molecule has 0 radical (unpaired) electrons. The van der Waals surface area contributed by atoms with Crippen molar-refractivity contribution < 1.29 is 136 Å². The lowest BCUT2D eigenvalue weighted by atomic mass is 10.0. The largest absolute Gasteiger partial charge is 0.481 e. The summed E-state index contributed by atoms with van der Waals surface area (Å²) in [6.45, 7) is 1.00. The second kappa shape index (κ2) is 45.8. The van der Waals surface area contributed by atoms with Crippen molar-refractivity contribution in [2.75, 3.05) is 0 Å². The fraction of sp³-hybridized carbons (Fsp3) is 0.607. The van der Waals surface area contributed by atoms with E-state index < -0.39 is 338 Å². The lowest BCUT2D eigenvalue weighted by Crippen LogP contribution is -2.61. The van der Waals surface area contributed by atoms with E-state index in [1.807, 2.05) is 0 Å². The van der Waals surface area contributed by atoms with E-state index in [4.69, 9.17) is 44.6 Å². The minimum absolute atomic E-state index is 0.432. The number of amides is 15. The molecule has 0 bridgehead atoms. The molecule has 100 heavy (non-hydrogen) atoms. The molecule has 11 atom stereocenters. The molecule has 0 aromatic heterocycles. The van der Waals surface area contributed by atoms with Gasteiger partial charge >= 0.3 is 35.8 Å². The van der Waals surface area contributed by atoms with E-state index >= 15 is 0 Å². The Kier molecular flexibility index (Phi) is 40.6. The van der Waals surface area contributed by atoms with Crippen molar-refractivity contribution in [1.29, 1.82) is 0 Å². The minimum atomic E-state index is -2.11. The highest BCUT2D eigenvalue weighted by Crippen LogP contribution is 2.13. The van der Waals surface area contributed by atoms with Crippen LogP contribution >= 0.6 is 0 Å². The van der Waals surface area contributed by atoms with Gasteiger partial charge in [-0.05, 0) is 77.6 Å². The number of nitrogens with one attached hydrogen (secondary N) is 10. The molecule has 0 aromatic rings. The second-order valence-corrected chi connectivity index (χ2v) is 22.4. The van der Waals surface area contributed by atoms with Gasteiger partial charge in [0, 0.05) is 70.6 Å². The Hall–Kier alpha value is -11.5. The lowest BCUT2D eigenvalue weighted by molar-refractivity contribution is -0.139. The summed E-state index contributed by atoms with van der Waals surface area (Å²) < 4.78 is 0. The van der Waals surface area contributed by atoms with E-state index in [1.54, 1.807) is 0 Å². The minimum Gasteiger partial charge on any atom is -0.481 e. The van der Waals surface area contributed by atoms with Crippen molar-refractivity contribution in [3.05, 3.63) is 0 Å². The topological polar surface area (TPSA) is 773 Å². The zero-order valence-electron chi connectivity index (χ0n) is 54.0. The summed E-state index contributed by atoms with van der Waals surface area (Å²) in [6.07, 6.45) is -16.2. The number of hydrogen-bond donors (Lipinski definition) is 22. The van der Waals surface area contributed by atoms with E-state index in [1.165, 1.54) is 0 Å². The van der Waals surface area contributed by atoms with Gasteiger partial charge in [-0.1, -0.05) is 0 Å². The maximum atomic E-state index is 14.2. The van der Waals surface area contributed by atoms with E-state index in [2.05, 4.69) is 53.2 Å². The van der Waals surface area contributed by atoms with Crippen LogP contribution in [-0.4, -0.2) is 227 Å². The number of carbonyl (C=O) groups is 22. The first-order valence-electron chi connectivity index (χ1n) is 30.6.